The van der Waals surface area contributed by atoms with Crippen LogP contribution in [0.4, 0.5) is 0 Å². The SMILES string of the molecule is CCOc1ccc(/C=C/C(=O)NCC(C)CC(=O)O)cc1. The lowest BCUT2D eigenvalue weighted by Crippen LogP contribution is -2.27. The number of carbonyl (C=O) groups is 2. The lowest BCUT2D eigenvalue weighted by molar-refractivity contribution is -0.138. The van der Waals surface area contributed by atoms with E-state index in [9.17, 15) is 9.59 Å². The molecule has 5 nitrogen and oxygen atoms in total. The molecule has 0 saturated carbocycles. The number of carboxylic acids is 1. The first kappa shape index (κ1) is 16.8. The number of hydrogen-bond donors (Lipinski definition) is 2. The molecule has 2 N–H and O–H groups in total. The fourth-order valence-electron chi connectivity index (χ4n) is 1.72. The second kappa shape index (κ2) is 8.79. The molecule has 0 aliphatic carbocycles. The zero-order valence-corrected chi connectivity index (χ0v) is 12.3. The van der Waals surface area contributed by atoms with Gasteiger partial charge in [0.2, 0.25) is 5.91 Å². The predicted molar refractivity (Wildman–Crippen MR) is 81.1 cm³/mol. The highest BCUT2D eigenvalue weighted by Crippen LogP contribution is 2.12. The molecule has 0 radical (unpaired) electrons. The maximum absolute atomic E-state index is 11.6. The van der Waals surface area contributed by atoms with E-state index in [0.29, 0.717) is 13.2 Å². The van der Waals surface area contributed by atoms with Crippen LogP contribution in [0.15, 0.2) is 30.3 Å². The summed E-state index contributed by atoms with van der Waals surface area (Å²) in [6.45, 7) is 4.67. The van der Waals surface area contributed by atoms with Crippen molar-refractivity contribution in [2.75, 3.05) is 13.2 Å². The molecule has 0 heterocycles. The molecule has 1 unspecified atom stereocenters. The van der Waals surface area contributed by atoms with E-state index in [0.717, 1.165) is 11.3 Å². The molecule has 1 rings (SSSR count). The molecule has 114 valence electrons. The molecule has 5 heteroatoms. The van der Waals surface area contributed by atoms with Crippen LogP contribution >= 0.6 is 0 Å². The molecule has 0 bridgehead atoms. The normalized spacial score (nSPS) is 12.1. The van der Waals surface area contributed by atoms with Crippen molar-refractivity contribution in [1.82, 2.24) is 5.32 Å². The summed E-state index contributed by atoms with van der Waals surface area (Å²) in [6, 6.07) is 7.41. The van der Waals surface area contributed by atoms with Crippen LogP contribution in [0.3, 0.4) is 0 Å². The Bertz CT molecular complexity index is 494. The minimum absolute atomic E-state index is 0.0445. The van der Waals surface area contributed by atoms with Crippen LogP contribution < -0.4 is 10.1 Å². The zero-order chi connectivity index (χ0) is 15.7. The van der Waals surface area contributed by atoms with Crippen molar-refractivity contribution in [3.05, 3.63) is 35.9 Å². The van der Waals surface area contributed by atoms with Crippen LogP contribution in [0.5, 0.6) is 5.75 Å². The van der Waals surface area contributed by atoms with E-state index in [2.05, 4.69) is 5.32 Å². The van der Waals surface area contributed by atoms with Crippen molar-refractivity contribution >= 4 is 18.0 Å². The van der Waals surface area contributed by atoms with Gasteiger partial charge in [-0.1, -0.05) is 19.1 Å². The number of rotatable bonds is 8. The van der Waals surface area contributed by atoms with Crippen LogP contribution in [-0.4, -0.2) is 30.1 Å². The highest BCUT2D eigenvalue weighted by atomic mass is 16.5. The first-order valence-corrected chi connectivity index (χ1v) is 6.91. The smallest absolute Gasteiger partial charge is 0.303 e. The topological polar surface area (TPSA) is 75.6 Å². The molecule has 1 amide bonds. The molecular formula is C16H21NO4. The van der Waals surface area contributed by atoms with Crippen molar-refractivity contribution in [2.45, 2.75) is 20.3 Å². The van der Waals surface area contributed by atoms with Crippen LogP contribution in [0.2, 0.25) is 0 Å². The molecule has 0 spiro atoms. The van der Waals surface area contributed by atoms with Gasteiger partial charge < -0.3 is 15.2 Å². The van der Waals surface area contributed by atoms with Crippen molar-refractivity contribution in [2.24, 2.45) is 5.92 Å². The highest BCUT2D eigenvalue weighted by Gasteiger charge is 2.07. The Morgan fingerprint density at radius 2 is 2.00 bits per heavy atom. The monoisotopic (exact) mass is 291 g/mol. The molecular weight excluding hydrogens is 270 g/mol. The lowest BCUT2D eigenvalue weighted by Gasteiger charge is -2.08. The van der Waals surface area contributed by atoms with Crippen LogP contribution in [0, 0.1) is 5.92 Å². The molecule has 21 heavy (non-hydrogen) atoms. The van der Waals surface area contributed by atoms with Gasteiger partial charge in [-0.15, -0.1) is 0 Å². The summed E-state index contributed by atoms with van der Waals surface area (Å²) in [5.74, 6) is -0.394. The number of hydrogen-bond acceptors (Lipinski definition) is 3. The Hall–Kier alpha value is -2.30. The third-order valence-electron chi connectivity index (χ3n) is 2.77. The maximum Gasteiger partial charge on any atom is 0.303 e. The predicted octanol–water partition coefficient (Wildman–Crippen LogP) is 2.33. The fourth-order valence-corrected chi connectivity index (χ4v) is 1.72. The minimum Gasteiger partial charge on any atom is -0.494 e. The third kappa shape index (κ3) is 7.15. The minimum atomic E-state index is -0.860. The van der Waals surface area contributed by atoms with Gasteiger partial charge in [-0.2, -0.15) is 0 Å². The Labute approximate surface area is 124 Å². The van der Waals surface area contributed by atoms with E-state index in [1.165, 1.54) is 6.08 Å². The molecule has 0 saturated heterocycles. The number of carbonyl (C=O) groups excluding carboxylic acids is 1. The van der Waals surface area contributed by atoms with Crippen molar-refractivity contribution < 1.29 is 19.4 Å². The highest BCUT2D eigenvalue weighted by molar-refractivity contribution is 5.91. The number of amides is 1. The molecule has 1 aromatic rings. The second-order valence-corrected chi connectivity index (χ2v) is 4.78. The van der Waals surface area contributed by atoms with Gasteiger partial charge in [-0.3, -0.25) is 9.59 Å². The van der Waals surface area contributed by atoms with Crippen molar-refractivity contribution in [1.29, 1.82) is 0 Å². The second-order valence-electron chi connectivity index (χ2n) is 4.78. The standard InChI is InChI=1S/C16H21NO4/c1-3-21-14-7-4-13(5-8-14)6-9-15(18)17-11-12(2)10-16(19)20/h4-9,12H,3,10-11H2,1-2H3,(H,17,18)(H,19,20)/b9-6+. The largest absolute Gasteiger partial charge is 0.494 e. The van der Waals surface area contributed by atoms with E-state index in [-0.39, 0.29) is 18.2 Å². The molecule has 1 aromatic carbocycles. The fraction of sp³-hybridized carbons (Fsp3) is 0.375. The zero-order valence-electron chi connectivity index (χ0n) is 12.3. The number of ether oxygens (including phenoxy) is 1. The van der Waals surface area contributed by atoms with Crippen LogP contribution in [-0.2, 0) is 9.59 Å². The van der Waals surface area contributed by atoms with E-state index in [1.807, 2.05) is 31.2 Å². The number of aliphatic carboxylic acids is 1. The van der Waals surface area contributed by atoms with Gasteiger partial charge in [0, 0.05) is 19.0 Å². The van der Waals surface area contributed by atoms with Crippen LogP contribution in [0.1, 0.15) is 25.8 Å². The maximum atomic E-state index is 11.6. The molecule has 0 aromatic heterocycles. The van der Waals surface area contributed by atoms with Gasteiger partial charge in [0.1, 0.15) is 5.75 Å². The van der Waals surface area contributed by atoms with E-state index >= 15 is 0 Å². The molecule has 0 fully saturated rings. The summed E-state index contributed by atoms with van der Waals surface area (Å²) in [5.41, 5.74) is 0.896. The summed E-state index contributed by atoms with van der Waals surface area (Å²) in [4.78, 5) is 22.1. The van der Waals surface area contributed by atoms with Crippen LogP contribution in [0.25, 0.3) is 6.08 Å². The molecule has 0 aliphatic heterocycles. The third-order valence-corrected chi connectivity index (χ3v) is 2.77. The molecule has 0 aliphatic rings. The van der Waals surface area contributed by atoms with E-state index in [1.54, 1.807) is 13.0 Å². The quantitative estimate of drug-likeness (QED) is 0.721. The van der Waals surface area contributed by atoms with Crippen molar-refractivity contribution in [3.63, 3.8) is 0 Å². The summed E-state index contributed by atoms with van der Waals surface area (Å²) < 4.78 is 5.33. The number of carboxylic acid groups (broad SMARTS) is 1. The van der Waals surface area contributed by atoms with E-state index < -0.39 is 5.97 Å². The average molecular weight is 291 g/mol. The van der Waals surface area contributed by atoms with Gasteiger partial charge in [0.15, 0.2) is 0 Å². The Morgan fingerprint density at radius 1 is 1.33 bits per heavy atom. The number of benzene rings is 1. The van der Waals surface area contributed by atoms with Gasteiger partial charge >= 0.3 is 5.97 Å². The average Bonchev–Trinajstić information content (AvgIpc) is 2.44. The lowest BCUT2D eigenvalue weighted by atomic mass is 10.1. The Balaban J connectivity index is 2.41. The summed E-state index contributed by atoms with van der Waals surface area (Å²) in [5, 5.41) is 11.3. The Morgan fingerprint density at radius 3 is 2.57 bits per heavy atom. The van der Waals surface area contributed by atoms with E-state index in [4.69, 9.17) is 9.84 Å². The van der Waals surface area contributed by atoms with Gasteiger partial charge in [-0.25, -0.2) is 0 Å². The van der Waals surface area contributed by atoms with Gasteiger partial charge in [0.05, 0.1) is 6.61 Å². The summed E-state index contributed by atoms with van der Waals surface area (Å²) in [7, 11) is 0. The van der Waals surface area contributed by atoms with Crippen molar-refractivity contribution in [3.8, 4) is 5.75 Å². The molecule has 1 atom stereocenters. The summed E-state index contributed by atoms with van der Waals surface area (Å²) >= 11 is 0. The Kier molecular flexibility index (Phi) is 7.01. The number of nitrogens with one attached hydrogen (secondary N) is 1. The van der Waals surface area contributed by atoms with Gasteiger partial charge in [-0.05, 0) is 36.6 Å². The first-order chi connectivity index (χ1) is 10.0. The summed E-state index contributed by atoms with van der Waals surface area (Å²) in [6.07, 6.45) is 3.18. The van der Waals surface area contributed by atoms with Gasteiger partial charge in [0.25, 0.3) is 0 Å². The first-order valence-electron chi connectivity index (χ1n) is 6.91.